The summed E-state index contributed by atoms with van der Waals surface area (Å²) in [6.45, 7) is 4.59. The first kappa shape index (κ1) is 16.3. The van der Waals surface area contributed by atoms with Crippen LogP contribution in [-0.2, 0) is 16.0 Å². The van der Waals surface area contributed by atoms with Gasteiger partial charge in [0, 0.05) is 12.5 Å². The number of halogens is 1. The van der Waals surface area contributed by atoms with Crippen molar-refractivity contribution in [3.63, 3.8) is 0 Å². The number of rotatable bonds is 6. The Kier molecular flexibility index (Phi) is 5.35. The van der Waals surface area contributed by atoms with Crippen LogP contribution in [0.2, 0.25) is 0 Å². The number of amides is 2. The molecule has 0 saturated carbocycles. The molecular weight excluding hydrogens is 287 g/mol. The average molecular weight is 308 g/mol. The summed E-state index contributed by atoms with van der Waals surface area (Å²) >= 11 is 0. The molecular formula is C16H21FN2O3. The number of aryl methyl sites for hydroxylation is 1. The number of nitrogens with one attached hydrogen (secondary N) is 1. The molecule has 0 aliphatic carbocycles. The molecule has 0 spiro atoms. The van der Waals surface area contributed by atoms with Crippen molar-refractivity contribution >= 4 is 12.0 Å². The second-order valence-corrected chi connectivity index (χ2v) is 5.65. The van der Waals surface area contributed by atoms with Crippen LogP contribution in [0.1, 0.15) is 25.8 Å². The zero-order valence-electron chi connectivity index (χ0n) is 12.8. The number of carbonyl (C=O) groups is 2. The molecule has 0 radical (unpaired) electrons. The van der Waals surface area contributed by atoms with Gasteiger partial charge >= 0.3 is 6.09 Å². The van der Waals surface area contributed by atoms with Gasteiger partial charge in [-0.15, -0.1) is 0 Å². The van der Waals surface area contributed by atoms with Gasteiger partial charge in [0.05, 0.1) is 13.1 Å². The van der Waals surface area contributed by atoms with Crippen LogP contribution in [0, 0.1) is 5.82 Å². The molecule has 1 aliphatic heterocycles. The van der Waals surface area contributed by atoms with Crippen LogP contribution in [-0.4, -0.2) is 42.1 Å². The highest BCUT2D eigenvalue weighted by molar-refractivity contribution is 5.76. The van der Waals surface area contributed by atoms with E-state index in [1.165, 1.54) is 6.07 Å². The zero-order valence-corrected chi connectivity index (χ0v) is 12.8. The Morgan fingerprint density at radius 2 is 2.18 bits per heavy atom. The summed E-state index contributed by atoms with van der Waals surface area (Å²) in [7, 11) is 0. The van der Waals surface area contributed by atoms with Crippen LogP contribution in [0.3, 0.4) is 0 Å². The second-order valence-electron chi connectivity index (χ2n) is 5.65. The van der Waals surface area contributed by atoms with Gasteiger partial charge in [-0.1, -0.05) is 18.2 Å². The first-order valence-electron chi connectivity index (χ1n) is 7.44. The molecule has 1 aromatic carbocycles. The van der Waals surface area contributed by atoms with Gasteiger partial charge in [0.15, 0.2) is 0 Å². The highest BCUT2D eigenvalue weighted by Crippen LogP contribution is 2.14. The molecule has 1 aliphatic rings. The van der Waals surface area contributed by atoms with E-state index in [1.807, 2.05) is 13.8 Å². The molecule has 1 aromatic rings. The predicted molar refractivity (Wildman–Crippen MR) is 79.8 cm³/mol. The molecule has 120 valence electrons. The van der Waals surface area contributed by atoms with Gasteiger partial charge in [-0.05, 0) is 31.9 Å². The van der Waals surface area contributed by atoms with Gasteiger partial charge in [0.1, 0.15) is 11.9 Å². The first-order chi connectivity index (χ1) is 10.5. The van der Waals surface area contributed by atoms with E-state index >= 15 is 0 Å². The van der Waals surface area contributed by atoms with Crippen molar-refractivity contribution in [2.45, 2.75) is 38.8 Å². The molecule has 2 rings (SSSR count). The second kappa shape index (κ2) is 7.24. The molecule has 1 atom stereocenters. The van der Waals surface area contributed by atoms with E-state index in [1.54, 1.807) is 23.1 Å². The predicted octanol–water partition coefficient (Wildman–Crippen LogP) is 2.10. The average Bonchev–Trinajstić information content (AvgIpc) is 2.85. The van der Waals surface area contributed by atoms with E-state index in [-0.39, 0.29) is 42.9 Å². The summed E-state index contributed by atoms with van der Waals surface area (Å²) in [6.07, 6.45) is -0.121. The lowest BCUT2D eigenvalue weighted by atomic mass is 10.1. The molecule has 1 N–H and O–H groups in total. The van der Waals surface area contributed by atoms with E-state index in [2.05, 4.69) is 5.32 Å². The van der Waals surface area contributed by atoms with Crippen molar-refractivity contribution in [2.24, 2.45) is 0 Å². The smallest absolute Gasteiger partial charge is 0.410 e. The number of carbonyl (C=O) groups excluding carboxylic acids is 2. The molecule has 2 amide bonds. The Balaban J connectivity index is 1.73. The van der Waals surface area contributed by atoms with Crippen LogP contribution >= 0.6 is 0 Å². The van der Waals surface area contributed by atoms with Gasteiger partial charge < -0.3 is 15.0 Å². The minimum atomic E-state index is -0.347. The van der Waals surface area contributed by atoms with Crippen LogP contribution in [0.25, 0.3) is 0 Å². The molecule has 0 bridgehead atoms. The van der Waals surface area contributed by atoms with Crippen molar-refractivity contribution in [2.75, 3.05) is 13.1 Å². The third-order valence-corrected chi connectivity index (χ3v) is 3.63. The molecule has 1 saturated heterocycles. The third-order valence-electron chi connectivity index (χ3n) is 3.63. The lowest BCUT2D eigenvalue weighted by Crippen LogP contribution is -2.36. The van der Waals surface area contributed by atoms with Crippen LogP contribution in [0.15, 0.2) is 24.3 Å². The van der Waals surface area contributed by atoms with Gasteiger partial charge in [-0.25, -0.2) is 9.18 Å². The molecule has 1 fully saturated rings. The van der Waals surface area contributed by atoms with E-state index in [4.69, 9.17) is 4.74 Å². The minimum Gasteiger partial charge on any atom is -0.442 e. The summed E-state index contributed by atoms with van der Waals surface area (Å²) in [4.78, 5) is 25.0. The number of benzene rings is 1. The Hall–Kier alpha value is -2.11. The Bertz CT molecular complexity index is 548. The maximum atomic E-state index is 13.4. The van der Waals surface area contributed by atoms with Crippen molar-refractivity contribution in [1.82, 2.24) is 10.2 Å². The topological polar surface area (TPSA) is 58.6 Å². The molecule has 22 heavy (non-hydrogen) atoms. The summed E-state index contributed by atoms with van der Waals surface area (Å²) in [5.41, 5.74) is 0.524. The van der Waals surface area contributed by atoms with Crippen molar-refractivity contribution in [3.8, 4) is 0 Å². The van der Waals surface area contributed by atoms with Crippen molar-refractivity contribution in [3.05, 3.63) is 35.6 Å². The Labute approximate surface area is 129 Å². The summed E-state index contributed by atoms with van der Waals surface area (Å²) < 4.78 is 18.6. The molecule has 0 aromatic heterocycles. The highest BCUT2D eigenvalue weighted by atomic mass is 19.1. The minimum absolute atomic E-state index is 0.0780. The Morgan fingerprint density at radius 1 is 1.45 bits per heavy atom. The van der Waals surface area contributed by atoms with E-state index in [9.17, 15) is 14.0 Å². The number of hydrogen-bond acceptors (Lipinski definition) is 3. The van der Waals surface area contributed by atoms with Crippen LogP contribution < -0.4 is 5.32 Å². The third kappa shape index (κ3) is 4.19. The van der Waals surface area contributed by atoms with Crippen LogP contribution in [0.5, 0.6) is 0 Å². The fourth-order valence-electron chi connectivity index (χ4n) is 2.33. The fourth-order valence-corrected chi connectivity index (χ4v) is 2.33. The molecule has 1 heterocycles. The van der Waals surface area contributed by atoms with Gasteiger partial charge in [0.25, 0.3) is 0 Å². The standard InChI is InChI=1S/C16H21FN2O3/c1-11(2)19-10-13(22-16(19)21)9-18-15(20)8-7-12-5-3-4-6-14(12)17/h3-6,11,13H,7-10H2,1-2H3,(H,18,20). The van der Waals surface area contributed by atoms with Crippen molar-refractivity contribution in [1.29, 1.82) is 0 Å². The van der Waals surface area contributed by atoms with E-state index in [0.717, 1.165) is 0 Å². The number of nitrogens with zero attached hydrogens (tertiary/aromatic N) is 1. The fraction of sp³-hybridized carbons (Fsp3) is 0.500. The number of cyclic esters (lactones) is 1. The number of ether oxygens (including phenoxy) is 1. The zero-order chi connectivity index (χ0) is 16.1. The summed E-state index contributed by atoms with van der Waals surface area (Å²) in [6, 6.07) is 6.49. The molecule has 5 nitrogen and oxygen atoms in total. The van der Waals surface area contributed by atoms with E-state index < -0.39 is 0 Å². The molecule has 6 heteroatoms. The first-order valence-corrected chi connectivity index (χ1v) is 7.44. The lowest BCUT2D eigenvalue weighted by Gasteiger charge is -2.16. The number of hydrogen-bond donors (Lipinski definition) is 1. The van der Waals surface area contributed by atoms with Gasteiger partial charge in [-0.3, -0.25) is 4.79 Å². The monoisotopic (exact) mass is 308 g/mol. The van der Waals surface area contributed by atoms with Gasteiger partial charge in [0.2, 0.25) is 5.91 Å². The lowest BCUT2D eigenvalue weighted by molar-refractivity contribution is -0.121. The maximum Gasteiger partial charge on any atom is 0.410 e. The SMILES string of the molecule is CC(C)N1CC(CNC(=O)CCc2ccccc2F)OC1=O. The highest BCUT2D eigenvalue weighted by Gasteiger charge is 2.32. The van der Waals surface area contributed by atoms with Crippen molar-refractivity contribution < 1.29 is 18.7 Å². The molecule has 1 unspecified atom stereocenters. The van der Waals surface area contributed by atoms with E-state index in [0.29, 0.717) is 18.5 Å². The normalized spacial score (nSPS) is 17.7. The van der Waals surface area contributed by atoms with Crippen LogP contribution in [0.4, 0.5) is 9.18 Å². The summed E-state index contributed by atoms with van der Waals surface area (Å²) in [5.74, 6) is -0.477. The maximum absolute atomic E-state index is 13.4. The summed E-state index contributed by atoms with van der Waals surface area (Å²) in [5, 5.41) is 2.73. The quantitative estimate of drug-likeness (QED) is 0.875. The van der Waals surface area contributed by atoms with Gasteiger partial charge in [-0.2, -0.15) is 0 Å². The largest absolute Gasteiger partial charge is 0.442 e. The Morgan fingerprint density at radius 3 is 2.82 bits per heavy atom.